The predicted octanol–water partition coefficient (Wildman–Crippen LogP) is 3.78. The fourth-order valence-electron chi connectivity index (χ4n) is 4.45. The van der Waals surface area contributed by atoms with Gasteiger partial charge in [0.05, 0.1) is 6.04 Å². The number of unbranched alkanes of at least 4 members (excludes halogenated alkanes) is 2. The molecule has 3 amide bonds. The first kappa shape index (κ1) is 34.0. The van der Waals surface area contributed by atoms with Crippen LogP contribution in [0.1, 0.15) is 54.9 Å². The van der Waals surface area contributed by atoms with Gasteiger partial charge in [-0.1, -0.05) is 91.3 Å². The maximum absolute atomic E-state index is 13.1. The van der Waals surface area contributed by atoms with Crippen LogP contribution in [0.4, 0.5) is 4.79 Å². The smallest absolute Gasteiger partial charge is 0.413 e. The SMILES string of the molecule is C[C@H](NC(=O)[C@@H](CCc1ccccc1)NCCCCCN)C(=O)NCc1ccc(C(=N)NC(=O)OCc2ccccc2)cc1. The highest BCUT2D eigenvalue weighted by molar-refractivity contribution is 6.04. The summed E-state index contributed by atoms with van der Waals surface area (Å²) in [4.78, 5) is 38.0. The number of nitrogens with two attached hydrogens (primary N) is 1. The largest absolute Gasteiger partial charge is 0.444 e. The lowest BCUT2D eigenvalue weighted by Gasteiger charge is -2.21. The molecule has 10 nitrogen and oxygen atoms in total. The summed E-state index contributed by atoms with van der Waals surface area (Å²) in [5, 5.41) is 19.6. The Bertz CT molecular complexity index is 1320. The van der Waals surface area contributed by atoms with Gasteiger partial charge in [0.2, 0.25) is 11.8 Å². The second-order valence-corrected chi connectivity index (χ2v) is 10.6. The molecular formula is C34H44N6O4. The van der Waals surface area contributed by atoms with Gasteiger partial charge in [0.15, 0.2) is 0 Å². The zero-order chi connectivity index (χ0) is 31.6. The zero-order valence-corrected chi connectivity index (χ0v) is 25.3. The Balaban J connectivity index is 1.43. The molecular weight excluding hydrogens is 556 g/mol. The van der Waals surface area contributed by atoms with Crippen LogP contribution in [0.3, 0.4) is 0 Å². The summed E-state index contributed by atoms with van der Waals surface area (Å²) in [5.74, 6) is -0.604. The van der Waals surface area contributed by atoms with E-state index in [1.54, 1.807) is 31.2 Å². The van der Waals surface area contributed by atoms with Gasteiger partial charge < -0.3 is 26.4 Å². The number of carbonyl (C=O) groups excluding carboxylic acids is 3. The van der Waals surface area contributed by atoms with Gasteiger partial charge in [0, 0.05) is 12.1 Å². The first-order valence-electron chi connectivity index (χ1n) is 15.1. The Labute approximate surface area is 259 Å². The van der Waals surface area contributed by atoms with Crippen molar-refractivity contribution in [1.29, 1.82) is 5.41 Å². The number of amides is 3. The summed E-state index contributed by atoms with van der Waals surface area (Å²) in [6, 6.07) is 25.0. The van der Waals surface area contributed by atoms with Crippen LogP contribution in [0, 0.1) is 5.41 Å². The van der Waals surface area contributed by atoms with E-state index in [9.17, 15) is 14.4 Å². The molecule has 0 spiro atoms. The first-order chi connectivity index (χ1) is 21.4. The van der Waals surface area contributed by atoms with Crippen LogP contribution in [0.15, 0.2) is 84.9 Å². The number of amidine groups is 1. The number of carbonyl (C=O) groups is 3. The van der Waals surface area contributed by atoms with Crippen LogP contribution in [0.2, 0.25) is 0 Å². The maximum Gasteiger partial charge on any atom is 0.413 e. The number of rotatable bonds is 17. The van der Waals surface area contributed by atoms with Crippen LogP contribution in [0.25, 0.3) is 0 Å². The second-order valence-electron chi connectivity index (χ2n) is 10.6. The lowest BCUT2D eigenvalue weighted by Crippen LogP contribution is -2.51. The summed E-state index contributed by atoms with van der Waals surface area (Å²) in [7, 11) is 0. The summed E-state index contributed by atoms with van der Waals surface area (Å²) < 4.78 is 5.16. The summed E-state index contributed by atoms with van der Waals surface area (Å²) in [5.41, 5.74) is 8.89. The van der Waals surface area contributed by atoms with Gasteiger partial charge >= 0.3 is 6.09 Å². The van der Waals surface area contributed by atoms with Crippen molar-refractivity contribution >= 4 is 23.7 Å². The van der Waals surface area contributed by atoms with Gasteiger partial charge in [-0.15, -0.1) is 0 Å². The monoisotopic (exact) mass is 600 g/mol. The molecule has 0 aliphatic carbocycles. The first-order valence-corrected chi connectivity index (χ1v) is 15.1. The van der Waals surface area contributed by atoms with Crippen LogP contribution in [-0.4, -0.2) is 48.9 Å². The number of hydrogen-bond acceptors (Lipinski definition) is 7. The zero-order valence-electron chi connectivity index (χ0n) is 25.3. The molecule has 0 saturated heterocycles. The van der Waals surface area contributed by atoms with Gasteiger partial charge in [-0.2, -0.15) is 0 Å². The molecule has 0 radical (unpaired) electrons. The number of benzene rings is 3. The normalized spacial score (nSPS) is 12.0. The Morgan fingerprint density at radius 1 is 0.818 bits per heavy atom. The highest BCUT2D eigenvalue weighted by Crippen LogP contribution is 2.08. The highest BCUT2D eigenvalue weighted by Gasteiger charge is 2.22. The van der Waals surface area contributed by atoms with Gasteiger partial charge in [-0.05, 0) is 62.4 Å². The van der Waals surface area contributed by atoms with Crippen molar-refractivity contribution in [2.24, 2.45) is 5.73 Å². The van der Waals surface area contributed by atoms with E-state index in [1.807, 2.05) is 60.7 Å². The van der Waals surface area contributed by atoms with Gasteiger partial charge in [0.1, 0.15) is 18.5 Å². The van der Waals surface area contributed by atoms with Crippen molar-refractivity contribution in [1.82, 2.24) is 21.3 Å². The Morgan fingerprint density at radius 2 is 1.48 bits per heavy atom. The Hall–Kier alpha value is -4.54. The second kappa shape index (κ2) is 18.9. The quantitative estimate of drug-likeness (QED) is 0.0786. The van der Waals surface area contributed by atoms with E-state index < -0.39 is 18.2 Å². The fraction of sp³-hybridized carbons (Fsp3) is 0.353. The number of aryl methyl sites for hydroxylation is 1. The van der Waals surface area contributed by atoms with E-state index in [2.05, 4.69) is 21.3 Å². The molecule has 0 heterocycles. The van der Waals surface area contributed by atoms with E-state index in [1.165, 1.54) is 0 Å². The van der Waals surface area contributed by atoms with Crippen molar-refractivity contribution in [2.45, 2.75) is 64.3 Å². The third-order valence-electron chi connectivity index (χ3n) is 7.05. The third kappa shape index (κ3) is 12.4. The van der Waals surface area contributed by atoms with Crippen molar-refractivity contribution in [3.05, 3.63) is 107 Å². The highest BCUT2D eigenvalue weighted by atomic mass is 16.5. The predicted molar refractivity (Wildman–Crippen MR) is 172 cm³/mol. The molecule has 0 saturated carbocycles. The molecule has 234 valence electrons. The van der Waals surface area contributed by atoms with E-state index in [4.69, 9.17) is 15.9 Å². The van der Waals surface area contributed by atoms with E-state index >= 15 is 0 Å². The van der Waals surface area contributed by atoms with Crippen LogP contribution >= 0.6 is 0 Å². The molecule has 0 unspecified atom stereocenters. The molecule has 7 N–H and O–H groups in total. The minimum Gasteiger partial charge on any atom is -0.444 e. The number of ether oxygens (including phenoxy) is 1. The van der Waals surface area contributed by atoms with Crippen LogP contribution in [0.5, 0.6) is 0 Å². The number of alkyl carbamates (subject to hydrolysis) is 1. The Morgan fingerprint density at radius 3 is 2.14 bits per heavy atom. The molecule has 0 fully saturated rings. The summed E-state index contributed by atoms with van der Waals surface area (Å²) in [6.07, 6.45) is 3.51. The van der Waals surface area contributed by atoms with E-state index in [0.717, 1.165) is 42.4 Å². The van der Waals surface area contributed by atoms with Gasteiger partial charge in [0.25, 0.3) is 0 Å². The van der Waals surface area contributed by atoms with E-state index in [-0.39, 0.29) is 30.8 Å². The van der Waals surface area contributed by atoms with Crippen LogP contribution in [-0.2, 0) is 33.9 Å². The van der Waals surface area contributed by atoms with Crippen LogP contribution < -0.4 is 27.0 Å². The van der Waals surface area contributed by atoms with Crippen molar-refractivity contribution in [3.63, 3.8) is 0 Å². The minimum absolute atomic E-state index is 0.0928. The average molecular weight is 601 g/mol. The third-order valence-corrected chi connectivity index (χ3v) is 7.05. The summed E-state index contributed by atoms with van der Waals surface area (Å²) in [6.45, 7) is 3.37. The molecule has 2 atom stereocenters. The molecule has 0 aliphatic rings. The molecule has 3 rings (SSSR count). The van der Waals surface area contributed by atoms with Gasteiger partial charge in [-0.3, -0.25) is 20.3 Å². The number of hydrogen-bond donors (Lipinski definition) is 6. The lowest BCUT2D eigenvalue weighted by molar-refractivity contribution is -0.129. The molecule has 0 aliphatic heterocycles. The van der Waals surface area contributed by atoms with Crippen molar-refractivity contribution in [3.8, 4) is 0 Å². The van der Waals surface area contributed by atoms with E-state index in [0.29, 0.717) is 25.1 Å². The molecule has 44 heavy (non-hydrogen) atoms. The maximum atomic E-state index is 13.1. The molecule has 0 bridgehead atoms. The Kier molecular flexibility index (Phi) is 14.6. The van der Waals surface area contributed by atoms with Gasteiger partial charge in [-0.25, -0.2) is 4.79 Å². The average Bonchev–Trinajstić information content (AvgIpc) is 3.05. The topological polar surface area (TPSA) is 158 Å². The molecule has 3 aromatic carbocycles. The van der Waals surface area contributed by atoms with Crippen molar-refractivity contribution in [2.75, 3.05) is 13.1 Å². The lowest BCUT2D eigenvalue weighted by atomic mass is 10.0. The molecule has 3 aromatic rings. The molecule has 0 aromatic heterocycles. The van der Waals surface area contributed by atoms with Crippen molar-refractivity contribution < 1.29 is 19.1 Å². The standard InChI is InChI=1S/C34H44N6O4/c1-25(39-33(42)30(37-22-10-4-9-21-35)20-17-26-11-5-2-6-12-26)32(41)38-23-27-15-18-29(19-16-27)31(36)40-34(43)44-24-28-13-7-3-8-14-28/h2-3,5-8,11-16,18-19,25,30,37H,4,9-10,17,20-24,35H2,1H3,(H,38,41)(H,39,42)(H2,36,40,43)/t25-,30+/m0/s1. The summed E-state index contributed by atoms with van der Waals surface area (Å²) >= 11 is 0. The molecule has 10 heteroatoms. The number of nitrogens with one attached hydrogen (secondary N) is 5. The minimum atomic E-state index is -0.723. The fourth-order valence-corrected chi connectivity index (χ4v) is 4.45.